The number of nitrogens with two attached hydrogens (primary N) is 1. The number of fused-ring (bicyclic) bond motifs is 1. The zero-order chi connectivity index (χ0) is 28.0. The number of ether oxygens (including phenoxy) is 1. The van der Waals surface area contributed by atoms with Gasteiger partial charge in [-0.3, -0.25) is 8.98 Å². The standard InChI is InChI=1S/C28H32N4O6S2/c1-15-21(27-22-9-18(16-2-3-16)5-4-17(22)6-7-37-27)11-25(39-15)26(34)23-12-30-14-31-28(23)32-20-8-19(24(33)10-20)13-38-40(29,35)36/h4-5,9,11-12,14,16,19-20,24,27,33H,2-3,6-8,10,13H2,1H3,(H2,29,35,36)(H,30,31,32)/t19-,20-,24+,27-/m1/s1. The van der Waals surface area contributed by atoms with Crippen LogP contribution in [-0.4, -0.2) is 54.6 Å². The van der Waals surface area contributed by atoms with Gasteiger partial charge >= 0.3 is 10.3 Å². The highest BCUT2D eigenvalue weighted by Gasteiger charge is 2.35. The Balaban J connectivity index is 1.21. The molecule has 12 heteroatoms. The summed E-state index contributed by atoms with van der Waals surface area (Å²) in [4.78, 5) is 23.7. The monoisotopic (exact) mass is 584 g/mol. The molecule has 6 rings (SSSR count). The van der Waals surface area contributed by atoms with Crippen LogP contribution in [0.15, 0.2) is 36.8 Å². The molecule has 4 N–H and O–H groups in total. The zero-order valence-electron chi connectivity index (χ0n) is 22.1. The smallest absolute Gasteiger partial charge is 0.333 e. The van der Waals surface area contributed by atoms with Crippen molar-refractivity contribution in [3.05, 3.63) is 74.4 Å². The minimum absolute atomic E-state index is 0.196. The maximum absolute atomic E-state index is 13.7. The van der Waals surface area contributed by atoms with Crippen molar-refractivity contribution >= 4 is 33.2 Å². The molecule has 10 nitrogen and oxygen atoms in total. The minimum Gasteiger partial charge on any atom is -0.393 e. The van der Waals surface area contributed by atoms with E-state index in [2.05, 4.69) is 37.7 Å². The summed E-state index contributed by atoms with van der Waals surface area (Å²) in [5.74, 6) is 0.400. The number of aryl methyl sites for hydroxylation is 1. The lowest BCUT2D eigenvalue weighted by Crippen LogP contribution is -2.24. The second kappa shape index (κ2) is 10.9. The molecular formula is C28H32N4O6S2. The van der Waals surface area contributed by atoms with Crippen LogP contribution in [0.4, 0.5) is 5.82 Å². The molecular weight excluding hydrogens is 552 g/mol. The van der Waals surface area contributed by atoms with Gasteiger partial charge in [-0.15, -0.1) is 11.3 Å². The first kappa shape index (κ1) is 27.4. The molecule has 4 atom stereocenters. The third-order valence-electron chi connectivity index (χ3n) is 8.02. The number of aliphatic hydroxyl groups excluding tert-OH is 1. The molecule has 0 amide bonds. The van der Waals surface area contributed by atoms with Gasteiger partial charge in [0, 0.05) is 23.0 Å². The first-order chi connectivity index (χ1) is 19.2. The van der Waals surface area contributed by atoms with E-state index in [1.54, 1.807) is 0 Å². The summed E-state index contributed by atoms with van der Waals surface area (Å²) in [6, 6.07) is 8.47. The van der Waals surface area contributed by atoms with Crippen molar-refractivity contribution in [2.75, 3.05) is 18.5 Å². The fourth-order valence-electron chi connectivity index (χ4n) is 5.78. The summed E-state index contributed by atoms with van der Waals surface area (Å²) in [6.07, 6.45) is 6.00. The summed E-state index contributed by atoms with van der Waals surface area (Å²) >= 11 is 1.43. The van der Waals surface area contributed by atoms with E-state index in [0.29, 0.717) is 41.6 Å². The quantitative estimate of drug-likeness (QED) is 0.321. The van der Waals surface area contributed by atoms with Gasteiger partial charge < -0.3 is 15.2 Å². The second-order valence-electron chi connectivity index (χ2n) is 10.9. The van der Waals surface area contributed by atoms with Crippen LogP contribution in [0.25, 0.3) is 0 Å². The highest BCUT2D eigenvalue weighted by atomic mass is 32.2. The number of nitrogens with one attached hydrogen (secondary N) is 1. The van der Waals surface area contributed by atoms with Crippen LogP contribution in [0, 0.1) is 12.8 Å². The Morgan fingerprint density at radius 2 is 2.08 bits per heavy atom. The topological polar surface area (TPSA) is 154 Å². The van der Waals surface area contributed by atoms with Crippen LogP contribution >= 0.6 is 11.3 Å². The van der Waals surface area contributed by atoms with Crippen molar-refractivity contribution in [2.24, 2.45) is 11.1 Å². The van der Waals surface area contributed by atoms with E-state index in [1.165, 1.54) is 53.4 Å². The summed E-state index contributed by atoms with van der Waals surface area (Å²) in [6.45, 7) is 2.44. The van der Waals surface area contributed by atoms with Crippen LogP contribution in [0.2, 0.25) is 0 Å². The summed E-state index contributed by atoms with van der Waals surface area (Å²) in [7, 11) is -4.09. The molecule has 0 bridgehead atoms. The number of anilines is 1. The second-order valence-corrected chi connectivity index (χ2v) is 13.4. The Morgan fingerprint density at radius 1 is 1.25 bits per heavy atom. The average molecular weight is 585 g/mol. The number of thiophene rings is 1. The van der Waals surface area contributed by atoms with Gasteiger partial charge in [-0.05, 0) is 73.3 Å². The van der Waals surface area contributed by atoms with Crippen LogP contribution < -0.4 is 10.5 Å². The van der Waals surface area contributed by atoms with E-state index < -0.39 is 22.3 Å². The SMILES string of the molecule is Cc1sc(C(=O)c2cncnc2N[C@@H]2C[C@H](COS(N)(=O)=O)[C@@H](O)C2)cc1[C@H]1OCCc2ccc(C3CC3)cc21. The molecule has 2 aliphatic carbocycles. The van der Waals surface area contributed by atoms with E-state index in [4.69, 9.17) is 9.88 Å². The molecule has 1 aliphatic heterocycles. The maximum Gasteiger partial charge on any atom is 0.333 e. The largest absolute Gasteiger partial charge is 0.393 e. The number of carbonyl (C=O) groups excluding carboxylic acids is 1. The number of hydrogen-bond acceptors (Lipinski definition) is 10. The molecule has 0 radical (unpaired) electrons. The van der Waals surface area contributed by atoms with Gasteiger partial charge in [0.2, 0.25) is 5.78 Å². The fraction of sp³-hybridized carbons (Fsp3) is 0.464. The van der Waals surface area contributed by atoms with E-state index in [-0.39, 0.29) is 24.5 Å². The van der Waals surface area contributed by atoms with Crippen molar-refractivity contribution in [3.8, 4) is 0 Å². The molecule has 3 aliphatic rings. The van der Waals surface area contributed by atoms with E-state index in [1.807, 2.05) is 13.0 Å². The van der Waals surface area contributed by atoms with Crippen molar-refractivity contribution in [1.29, 1.82) is 0 Å². The number of nitrogens with zero attached hydrogens (tertiary/aromatic N) is 2. The van der Waals surface area contributed by atoms with Gasteiger partial charge in [-0.25, -0.2) is 15.1 Å². The van der Waals surface area contributed by atoms with E-state index in [9.17, 15) is 18.3 Å². The lowest BCUT2D eigenvalue weighted by molar-refractivity contribution is 0.0697. The maximum atomic E-state index is 13.7. The first-order valence-corrected chi connectivity index (χ1v) is 15.8. The van der Waals surface area contributed by atoms with Gasteiger partial charge in [0.15, 0.2) is 0 Å². The molecule has 2 saturated carbocycles. The molecule has 2 fully saturated rings. The van der Waals surface area contributed by atoms with Gasteiger partial charge in [0.25, 0.3) is 0 Å². The number of ketones is 1. The molecule has 0 spiro atoms. The molecule has 0 unspecified atom stereocenters. The van der Waals surface area contributed by atoms with Crippen LogP contribution in [0.5, 0.6) is 0 Å². The number of carbonyl (C=O) groups is 1. The first-order valence-electron chi connectivity index (χ1n) is 13.5. The summed E-state index contributed by atoms with van der Waals surface area (Å²) in [5, 5.41) is 18.6. The predicted molar refractivity (Wildman–Crippen MR) is 150 cm³/mol. The van der Waals surface area contributed by atoms with E-state index in [0.717, 1.165) is 16.9 Å². The van der Waals surface area contributed by atoms with Crippen LogP contribution in [-0.2, 0) is 25.6 Å². The van der Waals surface area contributed by atoms with Gasteiger partial charge in [-0.1, -0.05) is 18.2 Å². The fourth-order valence-corrected chi connectivity index (χ4v) is 7.14. The van der Waals surface area contributed by atoms with Crippen molar-refractivity contribution in [1.82, 2.24) is 9.97 Å². The molecule has 40 heavy (non-hydrogen) atoms. The Morgan fingerprint density at radius 3 is 2.85 bits per heavy atom. The average Bonchev–Trinajstić information content (AvgIpc) is 3.62. The van der Waals surface area contributed by atoms with Crippen LogP contribution in [0.3, 0.4) is 0 Å². The third kappa shape index (κ3) is 5.83. The van der Waals surface area contributed by atoms with Gasteiger partial charge in [0.05, 0.1) is 29.8 Å². The summed E-state index contributed by atoms with van der Waals surface area (Å²) in [5.41, 5.74) is 5.20. The van der Waals surface area contributed by atoms with Gasteiger partial charge in [0.1, 0.15) is 18.2 Å². The molecule has 0 saturated heterocycles. The van der Waals surface area contributed by atoms with Gasteiger partial charge in [-0.2, -0.15) is 8.42 Å². The third-order valence-corrected chi connectivity index (χ3v) is 9.55. The number of rotatable bonds is 9. The van der Waals surface area contributed by atoms with Crippen molar-refractivity contribution in [2.45, 2.75) is 63.2 Å². The Kier molecular flexibility index (Phi) is 7.49. The number of aromatic nitrogens is 2. The molecule has 212 valence electrons. The Labute approximate surface area is 237 Å². The predicted octanol–water partition coefficient (Wildman–Crippen LogP) is 3.39. The van der Waals surface area contributed by atoms with E-state index >= 15 is 0 Å². The van der Waals surface area contributed by atoms with Crippen LogP contribution in [0.1, 0.15) is 80.1 Å². The lowest BCUT2D eigenvalue weighted by Gasteiger charge is -2.27. The number of hydrogen-bond donors (Lipinski definition) is 3. The summed E-state index contributed by atoms with van der Waals surface area (Å²) < 4.78 is 33.3. The molecule has 1 aromatic carbocycles. The number of aliphatic hydroxyl groups is 1. The molecule has 2 aromatic heterocycles. The Bertz CT molecular complexity index is 1540. The Hall–Kier alpha value is -2.74. The highest BCUT2D eigenvalue weighted by Crippen LogP contribution is 2.44. The zero-order valence-corrected chi connectivity index (χ0v) is 23.7. The lowest BCUT2D eigenvalue weighted by atomic mass is 9.90. The van der Waals surface area contributed by atoms with Crippen molar-refractivity contribution in [3.63, 3.8) is 0 Å². The molecule has 3 heterocycles. The van der Waals surface area contributed by atoms with Crippen molar-refractivity contribution < 1.29 is 27.2 Å². The molecule has 3 aromatic rings. The minimum atomic E-state index is -4.09. The highest BCUT2D eigenvalue weighted by molar-refractivity contribution is 7.84. The number of benzene rings is 1. The normalized spacial score (nSPS) is 24.6.